The molecule has 0 N–H and O–H groups in total. The van der Waals surface area contributed by atoms with E-state index in [1.807, 2.05) is 27.3 Å². The van der Waals surface area contributed by atoms with Crippen LogP contribution in [0.25, 0.3) is 21.9 Å². The van der Waals surface area contributed by atoms with Crippen LogP contribution < -0.4 is 5.69 Å². The smallest absolute Gasteiger partial charge is 0.329 e. The Morgan fingerprint density at radius 3 is 2.68 bits per heavy atom. The zero-order chi connectivity index (χ0) is 21.8. The summed E-state index contributed by atoms with van der Waals surface area (Å²) < 4.78 is 30.5. The van der Waals surface area contributed by atoms with Gasteiger partial charge < -0.3 is 4.57 Å². The van der Waals surface area contributed by atoms with Gasteiger partial charge >= 0.3 is 5.69 Å². The Hall–Kier alpha value is -1.57. The lowest BCUT2D eigenvalue weighted by Crippen LogP contribution is -2.25. The van der Waals surface area contributed by atoms with Crippen molar-refractivity contribution in [2.75, 3.05) is 0 Å². The number of nitrogens with zero attached hydrogens (tertiary/aromatic N) is 5. The maximum atomic E-state index is 13.4. The molecule has 5 rings (SSSR count). The molecule has 0 saturated heterocycles. The first-order valence-corrected chi connectivity index (χ1v) is 12.2. The predicted molar refractivity (Wildman–Crippen MR) is 132 cm³/mol. The van der Waals surface area contributed by atoms with Gasteiger partial charge in [0, 0.05) is 48.7 Å². The molecular formula is C21H19F2I2N5O. The molecular weight excluding hydrogens is 630 g/mol. The minimum absolute atomic E-state index is 0.0443. The van der Waals surface area contributed by atoms with Crippen molar-refractivity contribution in [3.05, 3.63) is 56.7 Å². The second-order valence-electron chi connectivity index (χ2n) is 7.88. The predicted octanol–water partition coefficient (Wildman–Crippen LogP) is 5.34. The summed E-state index contributed by atoms with van der Waals surface area (Å²) in [5, 5.41) is 0.936. The third-order valence-electron chi connectivity index (χ3n) is 5.69. The number of fused-ring (bicyclic) bond motifs is 2. The molecule has 4 aromatic heterocycles. The van der Waals surface area contributed by atoms with Gasteiger partial charge in [0.2, 0.25) is 0 Å². The Bertz CT molecular complexity index is 1330. The van der Waals surface area contributed by atoms with E-state index in [2.05, 4.69) is 32.6 Å². The van der Waals surface area contributed by atoms with E-state index in [1.54, 1.807) is 23.2 Å². The molecule has 1 aliphatic rings. The Kier molecular flexibility index (Phi) is 5.55. The molecule has 4 aromatic rings. The fraction of sp³-hybridized carbons (Fsp3) is 0.381. The van der Waals surface area contributed by atoms with E-state index in [-0.39, 0.29) is 18.2 Å². The highest BCUT2D eigenvalue weighted by atomic mass is 127. The largest absolute Gasteiger partial charge is 0.343 e. The highest BCUT2D eigenvalue weighted by Gasteiger charge is 2.30. The van der Waals surface area contributed by atoms with Crippen LogP contribution >= 0.6 is 45.2 Å². The van der Waals surface area contributed by atoms with Crippen LogP contribution in [0.3, 0.4) is 0 Å². The summed E-state index contributed by atoms with van der Waals surface area (Å²) in [6, 6.07) is 6.04. The van der Waals surface area contributed by atoms with E-state index >= 15 is 0 Å². The van der Waals surface area contributed by atoms with Crippen molar-refractivity contribution >= 4 is 67.1 Å². The molecule has 31 heavy (non-hydrogen) atoms. The number of hydrogen-bond donors (Lipinski definition) is 0. The highest BCUT2D eigenvalue weighted by Crippen LogP contribution is 2.37. The van der Waals surface area contributed by atoms with E-state index in [4.69, 9.17) is 0 Å². The molecule has 0 aromatic carbocycles. The summed E-state index contributed by atoms with van der Waals surface area (Å²) in [6.45, 7) is 0.804. The van der Waals surface area contributed by atoms with Crippen molar-refractivity contribution < 1.29 is 8.78 Å². The molecule has 1 saturated carbocycles. The van der Waals surface area contributed by atoms with Crippen LogP contribution in [0.15, 0.2) is 41.6 Å². The van der Waals surface area contributed by atoms with Crippen LogP contribution in [0.2, 0.25) is 0 Å². The van der Waals surface area contributed by atoms with Gasteiger partial charge in [-0.25, -0.2) is 9.78 Å². The van der Waals surface area contributed by atoms with Crippen molar-refractivity contribution in [3.63, 3.8) is 0 Å². The number of hydrogen-bond acceptors (Lipinski definition) is 3. The molecule has 10 heteroatoms. The average Bonchev–Trinajstić information content (AvgIpc) is 3.42. The van der Waals surface area contributed by atoms with Crippen LogP contribution in [0.4, 0.5) is 8.78 Å². The summed E-state index contributed by atoms with van der Waals surface area (Å²) in [5.41, 5.74) is 3.52. The zero-order valence-electron chi connectivity index (χ0n) is 16.4. The Morgan fingerprint density at radius 2 is 1.94 bits per heavy atom. The number of imidazole rings is 1. The van der Waals surface area contributed by atoms with Crippen molar-refractivity contribution in [2.45, 2.75) is 48.7 Å². The molecule has 4 heterocycles. The maximum Gasteiger partial charge on any atom is 0.329 e. The summed E-state index contributed by atoms with van der Waals surface area (Å²) in [4.78, 5) is 22.0. The lowest BCUT2D eigenvalue weighted by Gasteiger charge is -2.13. The molecule has 0 aliphatic heterocycles. The number of alkyl halides is 3. The molecule has 6 nitrogen and oxygen atoms in total. The van der Waals surface area contributed by atoms with Crippen LogP contribution in [-0.4, -0.2) is 27.6 Å². The number of rotatable bonds is 7. The Morgan fingerprint density at radius 1 is 1.16 bits per heavy atom. The molecule has 0 bridgehead atoms. The molecule has 1 fully saturated rings. The first kappa shape index (κ1) is 21.3. The maximum absolute atomic E-state index is 13.4. The van der Waals surface area contributed by atoms with Gasteiger partial charge in [-0.15, -0.1) is 0 Å². The molecule has 1 aliphatic carbocycles. The van der Waals surface area contributed by atoms with Gasteiger partial charge in [-0.3, -0.25) is 14.1 Å². The summed E-state index contributed by atoms with van der Waals surface area (Å²) in [7, 11) is 0. The van der Waals surface area contributed by atoms with Gasteiger partial charge in [0.1, 0.15) is 9.22 Å². The topological polar surface area (TPSA) is 57.6 Å². The molecule has 162 valence electrons. The second kappa shape index (κ2) is 8.09. The SMILES string of the molecule is O=c1n(Cc2cc3cnccc3n2CCCC(F)(F)I)c2c(I)nccc2n1C1CC1. The van der Waals surface area contributed by atoms with Crippen molar-refractivity contribution in [1.82, 2.24) is 23.7 Å². The zero-order valence-corrected chi connectivity index (χ0v) is 20.8. The molecule has 0 radical (unpaired) electrons. The van der Waals surface area contributed by atoms with E-state index in [9.17, 15) is 13.6 Å². The fourth-order valence-electron chi connectivity index (χ4n) is 4.19. The van der Waals surface area contributed by atoms with E-state index in [1.165, 1.54) is 22.6 Å². The standard InChI is InChI=1S/C21H19F2I2N5O/c22-21(23,25)6-1-9-28-15(10-13-11-26-7-4-16(13)28)12-29-18-17(5-8-27-19(18)24)30(20(29)31)14-2-3-14/h4-5,7-8,10-11,14H,1-3,6,9,12H2. The summed E-state index contributed by atoms with van der Waals surface area (Å²) in [5.74, 6) is 0. The fourth-order valence-corrected chi connectivity index (χ4v) is 5.30. The second-order valence-corrected chi connectivity index (χ2v) is 10.5. The minimum Gasteiger partial charge on any atom is -0.343 e. The Balaban J connectivity index is 1.60. The van der Waals surface area contributed by atoms with E-state index in [0.29, 0.717) is 19.5 Å². The van der Waals surface area contributed by atoms with E-state index in [0.717, 1.165) is 44.2 Å². The van der Waals surface area contributed by atoms with Gasteiger partial charge in [0.25, 0.3) is 3.93 Å². The quantitative estimate of drug-likeness (QED) is 0.154. The highest BCUT2D eigenvalue weighted by molar-refractivity contribution is 14.1. The van der Waals surface area contributed by atoms with Gasteiger partial charge in [-0.2, -0.15) is 8.78 Å². The van der Waals surface area contributed by atoms with Gasteiger partial charge in [0.15, 0.2) is 0 Å². The van der Waals surface area contributed by atoms with Crippen molar-refractivity contribution in [2.24, 2.45) is 0 Å². The molecule has 0 unspecified atom stereocenters. The number of aryl methyl sites for hydroxylation is 1. The molecule has 0 atom stereocenters. The normalized spacial score (nSPS) is 14.7. The first-order chi connectivity index (χ1) is 14.8. The van der Waals surface area contributed by atoms with Crippen LogP contribution in [0.1, 0.15) is 37.4 Å². The minimum atomic E-state index is -2.72. The average molecular weight is 649 g/mol. The lowest BCUT2D eigenvalue weighted by atomic mass is 10.3. The third-order valence-corrected chi connectivity index (χ3v) is 7.02. The summed E-state index contributed by atoms with van der Waals surface area (Å²) >= 11 is 3.36. The monoisotopic (exact) mass is 649 g/mol. The van der Waals surface area contributed by atoms with Crippen molar-refractivity contribution in [1.29, 1.82) is 0 Å². The van der Waals surface area contributed by atoms with Gasteiger partial charge in [0.05, 0.1) is 17.6 Å². The Labute approximate surface area is 203 Å². The third kappa shape index (κ3) is 4.12. The first-order valence-electron chi connectivity index (χ1n) is 10.1. The number of aromatic nitrogens is 5. The van der Waals surface area contributed by atoms with Gasteiger partial charge in [-0.05, 0) is 82.6 Å². The van der Waals surface area contributed by atoms with Crippen LogP contribution in [0.5, 0.6) is 0 Å². The van der Waals surface area contributed by atoms with Gasteiger partial charge in [-0.1, -0.05) is 0 Å². The molecule has 0 amide bonds. The van der Waals surface area contributed by atoms with Crippen molar-refractivity contribution in [3.8, 4) is 0 Å². The molecule has 0 spiro atoms. The van der Waals surface area contributed by atoms with Crippen LogP contribution in [0, 0.1) is 3.70 Å². The van der Waals surface area contributed by atoms with E-state index < -0.39 is 3.93 Å². The lowest BCUT2D eigenvalue weighted by molar-refractivity contribution is 0.112. The van der Waals surface area contributed by atoms with Crippen LogP contribution in [-0.2, 0) is 13.1 Å². The number of pyridine rings is 2. The summed E-state index contributed by atoms with van der Waals surface area (Å²) in [6.07, 6.45) is 7.37. The number of halogens is 4.